The Kier molecular flexibility index (Phi) is 6.32. The molecule has 1 fully saturated rings. The van der Waals surface area contributed by atoms with Crippen molar-refractivity contribution in [1.82, 2.24) is 0 Å². The van der Waals surface area contributed by atoms with E-state index in [0.29, 0.717) is 18.4 Å². The van der Waals surface area contributed by atoms with E-state index < -0.39 is 0 Å². The maximum atomic E-state index is 6.20. The van der Waals surface area contributed by atoms with E-state index in [4.69, 9.17) is 10.9 Å². The molecule has 1 aliphatic rings. The maximum absolute atomic E-state index is 6.20. The molecule has 1 rings (SSSR count). The number of rotatable bonds is 5. The quantitative estimate of drug-likeness (QED) is 0.475. The maximum Gasteiger partial charge on any atom is 0.139 e. The zero-order valence-corrected chi connectivity index (χ0v) is 14.5. The van der Waals surface area contributed by atoms with Crippen molar-refractivity contribution in [2.75, 3.05) is 6.61 Å². The molecular weight excluding hydrogens is 433 g/mol. The van der Waals surface area contributed by atoms with Crippen molar-refractivity contribution < 1.29 is 10.9 Å². The van der Waals surface area contributed by atoms with E-state index in [-0.39, 0.29) is 17.7 Å². The van der Waals surface area contributed by atoms with Gasteiger partial charge in [-0.2, -0.15) is 0 Å². The van der Waals surface area contributed by atoms with Crippen LogP contribution in [0.1, 0.15) is 27.2 Å². The fourth-order valence-electron chi connectivity index (χ4n) is 2.63. The second-order valence-electron chi connectivity index (χ2n) is 4.77. The number of hydrogen-bond acceptors (Lipinski definition) is 3. The summed E-state index contributed by atoms with van der Waals surface area (Å²) in [5.41, 5.74) is -0.303. The van der Waals surface area contributed by atoms with E-state index in [1.54, 1.807) is 0 Å². The van der Waals surface area contributed by atoms with Crippen LogP contribution in [0.15, 0.2) is 0 Å². The summed E-state index contributed by atoms with van der Waals surface area (Å²) in [6, 6.07) is 0.235. The minimum absolute atomic E-state index is 0.114. The molecule has 3 nitrogen and oxygen atoms in total. The van der Waals surface area contributed by atoms with E-state index >= 15 is 0 Å². The lowest BCUT2D eigenvalue weighted by atomic mass is 9.77. The molecular formula is C10H19BI2O3. The number of halogens is 2. The van der Waals surface area contributed by atoms with Crippen molar-refractivity contribution in [3.05, 3.63) is 0 Å². The van der Waals surface area contributed by atoms with Gasteiger partial charge < -0.3 is 10.9 Å². The fourth-order valence-corrected chi connectivity index (χ4v) is 3.92. The normalized spacial score (nSPS) is 39.5. The molecule has 0 radical (unpaired) electrons. The molecule has 1 saturated heterocycles. The second-order valence-corrected chi connectivity index (χ2v) is 5.90. The molecule has 16 heavy (non-hydrogen) atoms. The van der Waals surface area contributed by atoms with Gasteiger partial charge in [0, 0.05) is 11.9 Å². The molecule has 0 aromatic heterocycles. The van der Waals surface area contributed by atoms with Crippen LogP contribution in [0.4, 0.5) is 0 Å². The first-order chi connectivity index (χ1) is 7.53. The molecule has 0 bridgehead atoms. The monoisotopic (exact) mass is 452 g/mol. The van der Waals surface area contributed by atoms with Gasteiger partial charge >= 0.3 is 0 Å². The Bertz CT molecular complexity index is 230. The van der Waals surface area contributed by atoms with Crippen molar-refractivity contribution >= 4 is 53.9 Å². The van der Waals surface area contributed by atoms with E-state index in [1.807, 2.05) is 46.0 Å². The number of hydrogen-bond donors (Lipinski definition) is 0. The number of ether oxygens (including phenoxy) is 1. The summed E-state index contributed by atoms with van der Waals surface area (Å²) in [7, 11) is 2.13. The van der Waals surface area contributed by atoms with Crippen LogP contribution in [0.3, 0.4) is 0 Å². The van der Waals surface area contributed by atoms with Crippen LogP contribution in [0.5, 0.6) is 0 Å². The summed E-state index contributed by atoms with van der Waals surface area (Å²) in [5, 5.41) is 0. The van der Waals surface area contributed by atoms with Crippen molar-refractivity contribution in [2.24, 2.45) is 11.8 Å². The van der Waals surface area contributed by atoms with Gasteiger partial charge in [0.15, 0.2) is 0 Å². The van der Waals surface area contributed by atoms with Gasteiger partial charge in [-0.3, -0.25) is 0 Å². The summed E-state index contributed by atoms with van der Waals surface area (Å²) < 4.78 is 17.2. The van der Waals surface area contributed by atoms with Crippen LogP contribution in [0, 0.1) is 11.8 Å². The van der Waals surface area contributed by atoms with Crippen molar-refractivity contribution in [1.29, 1.82) is 0 Å². The minimum atomic E-state index is -0.303. The average molecular weight is 452 g/mol. The largest absolute Gasteiger partial charge is 0.375 e. The Morgan fingerprint density at radius 1 is 1.44 bits per heavy atom. The molecule has 1 heterocycles. The lowest BCUT2D eigenvalue weighted by Crippen LogP contribution is -2.49. The highest BCUT2D eigenvalue weighted by molar-refractivity contribution is 14.1. The third kappa shape index (κ3) is 2.70. The zero-order chi connectivity index (χ0) is 12.3. The van der Waals surface area contributed by atoms with Crippen LogP contribution in [-0.2, 0) is 10.9 Å². The molecule has 1 aliphatic heterocycles. The van der Waals surface area contributed by atoms with Crippen molar-refractivity contribution in [3.8, 4) is 0 Å². The van der Waals surface area contributed by atoms with Crippen LogP contribution >= 0.6 is 46.0 Å². The Labute approximate surface area is 127 Å². The summed E-state index contributed by atoms with van der Waals surface area (Å²) in [4.78, 5) is 0. The molecule has 6 heteroatoms. The molecule has 0 amide bonds. The second kappa shape index (κ2) is 6.54. The van der Waals surface area contributed by atoms with Crippen molar-refractivity contribution in [3.63, 3.8) is 0 Å². The fraction of sp³-hybridized carbons (Fsp3) is 1.00. The Hall–Kier alpha value is 1.40. The van der Waals surface area contributed by atoms with Gasteiger partial charge in [-0.25, -0.2) is 0 Å². The first-order valence-electron chi connectivity index (χ1n) is 5.72. The van der Waals surface area contributed by atoms with Gasteiger partial charge in [0.1, 0.15) is 65.6 Å². The van der Waals surface area contributed by atoms with Crippen molar-refractivity contribution in [2.45, 2.75) is 44.9 Å². The molecule has 0 aromatic carbocycles. The Morgan fingerprint density at radius 3 is 2.44 bits per heavy atom. The molecule has 0 spiro atoms. The molecule has 4 atom stereocenters. The summed E-state index contributed by atoms with van der Waals surface area (Å²) in [6.45, 7) is 7.11. The van der Waals surface area contributed by atoms with E-state index in [9.17, 15) is 0 Å². The lowest BCUT2D eigenvalue weighted by molar-refractivity contribution is -0.0997. The molecule has 0 saturated carbocycles. The third-order valence-electron chi connectivity index (χ3n) is 3.70. The highest BCUT2D eigenvalue weighted by atomic mass is 127. The van der Waals surface area contributed by atoms with E-state index in [1.165, 1.54) is 0 Å². The van der Waals surface area contributed by atoms with Crippen LogP contribution in [-0.4, -0.2) is 32.2 Å². The highest BCUT2D eigenvalue weighted by Crippen LogP contribution is 2.44. The van der Waals surface area contributed by atoms with Gasteiger partial charge in [-0.15, -0.1) is 0 Å². The van der Waals surface area contributed by atoms with Gasteiger partial charge in [-0.1, -0.05) is 20.8 Å². The Balaban J connectivity index is 2.99. The van der Waals surface area contributed by atoms with Crippen LogP contribution in [0.25, 0.3) is 0 Å². The van der Waals surface area contributed by atoms with Gasteiger partial charge in [0.25, 0.3) is 0 Å². The third-order valence-corrected chi connectivity index (χ3v) is 4.56. The first kappa shape index (κ1) is 15.5. The molecule has 94 valence electrons. The van der Waals surface area contributed by atoms with Gasteiger partial charge in [-0.05, 0) is 12.3 Å². The van der Waals surface area contributed by atoms with Gasteiger partial charge in [0.05, 0.1) is 6.61 Å². The average Bonchev–Trinajstić information content (AvgIpc) is 2.51. The minimum Gasteiger partial charge on any atom is -0.375 e. The molecule has 0 unspecified atom stereocenters. The standard InChI is InChI=1S/C10H19BI2O3/c1-4-7-8(16-13)10(5-14-12,6(2)3)15-9(7)11/h6-9H,4-5,11H2,1-3H3/t7-,8+,9-,10+/m1/s1. The van der Waals surface area contributed by atoms with E-state index in [0.717, 1.165) is 6.42 Å². The highest BCUT2D eigenvalue weighted by Gasteiger charge is 2.55. The first-order valence-corrected chi connectivity index (χ1v) is 7.48. The van der Waals surface area contributed by atoms with Gasteiger partial charge in [0.2, 0.25) is 0 Å². The molecule has 0 aromatic rings. The smallest absolute Gasteiger partial charge is 0.139 e. The lowest BCUT2D eigenvalue weighted by Gasteiger charge is -2.36. The predicted octanol–water partition coefficient (Wildman–Crippen LogP) is 2.50. The molecule has 0 N–H and O–H groups in total. The van der Waals surface area contributed by atoms with Crippen LogP contribution in [0.2, 0.25) is 0 Å². The summed E-state index contributed by atoms with van der Waals surface area (Å²) in [5.74, 6) is 0.826. The predicted molar refractivity (Wildman–Crippen MR) is 83.6 cm³/mol. The summed E-state index contributed by atoms with van der Waals surface area (Å²) in [6.07, 6.45) is 1.19. The topological polar surface area (TPSA) is 27.7 Å². The Morgan fingerprint density at radius 2 is 2.06 bits per heavy atom. The van der Waals surface area contributed by atoms with E-state index in [2.05, 4.69) is 28.6 Å². The summed E-state index contributed by atoms with van der Waals surface area (Å²) >= 11 is 3.93. The SMILES string of the molecule is B[C@@H]1O[C@@](COI)(C(C)C)[C@@H](OI)[C@H]1CC. The molecule has 0 aliphatic carbocycles. The zero-order valence-electron chi connectivity index (χ0n) is 10.2. The van der Waals surface area contributed by atoms with Crippen LogP contribution < -0.4 is 0 Å².